The van der Waals surface area contributed by atoms with E-state index in [1.54, 1.807) is 11.3 Å². The smallest absolute Gasteiger partial charge is 0.0660 e. The van der Waals surface area contributed by atoms with Crippen molar-refractivity contribution in [3.63, 3.8) is 0 Å². The molecule has 0 amide bonds. The van der Waals surface area contributed by atoms with Gasteiger partial charge in [-0.15, -0.1) is 11.3 Å². The number of rotatable bonds is 2. The molecule has 0 saturated heterocycles. The molecular formula is C13H14BrNS. The predicted octanol–water partition coefficient (Wildman–Crippen LogP) is 4.18. The maximum absolute atomic E-state index is 6.29. The van der Waals surface area contributed by atoms with Crippen LogP contribution >= 0.6 is 27.3 Å². The molecule has 0 aliphatic rings. The largest absolute Gasteiger partial charge is 0.320 e. The monoisotopic (exact) mass is 295 g/mol. The number of thiophene rings is 1. The topological polar surface area (TPSA) is 26.0 Å². The fourth-order valence-corrected chi connectivity index (χ4v) is 3.48. The number of hydrogen-bond acceptors (Lipinski definition) is 2. The van der Waals surface area contributed by atoms with Gasteiger partial charge in [-0.3, -0.25) is 0 Å². The van der Waals surface area contributed by atoms with Crippen LogP contribution in [-0.2, 0) is 0 Å². The molecule has 0 radical (unpaired) electrons. The van der Waals surface area contributed by atoms with Gasteiger partial charge in [-0.2, -0.15) is 0 Å². The maximum Gasteiger partial charge on any atom is 0.0660 e. The van der Waals surface area contributed by atoms with E-state index in [1.165, 1.54) is 21.6 Å². The van der Waals surface area contributed by atoms with Crippen LogP contribution in [0.1, 0.15) is 27.6 Å². The minimum Gasteiger partial charge on any atom is -0.320 e. The first kappa shape index (κ1) is 11.8. The van der Waals surface area contributed by atoms with Gasteiger partial charge in [-0.25, -0.2) is 0 Å². The van der Waals surface area contributed by atoms with Crippen molar-refractivity contribution in [3.05, 3.63) is 55.7 Å². The highest BCUT2D eigenvalue weighted by atomic mass is 79.9. The molecule has 2 rings (SSSR count). The highest BCUT2D eigenvalue weighted by molar-refractivity contribution is 9.10. The summed E-state index contributed by atoms with van der Waals surface area (Å²) in [5, 5.41) is 2.06. The molecule has 1 aromatic carbocycles. The Morgan fingerprint density at radius 2 is 2.00 bits per heavy atom. The minimum absolute atomic E-state index is 0.0324. The molecule has 0 spiro atoms. The fraction of sp³-hybridized carbons (Fsp3) is 0.231. The molecule has 0 bridgehead atoms. The molecule has 1 heterocycles. The van der Waals surface area contributed by atoms with Crippen molar-refractivity contribution in [2.75, 3.05) is 0 Å². The molecule has 0 aliphatic carbocycles. The Hall–Kier alpha value is -0.640. The number of nitrogens with two attached hydrogens (primary N) is 1. The molecule has 0 aliphatic heterocycles. The van der Waals surface area contributed by atoms with Crippen LogP contribution in [0.2, 0.25) is 0 Å². The van der Waals surface area contributed by atoms with E-state index in [9.17, 15) is 0 Å². The second-order valence-electron chi connectivity index (χ2n) is 3.97. The highest BCUT2D eigenvalue weighted by Gasteiger charge is 2.15. The van der Waals surface area contributed by atoms with Crippen molar-refractivity contribution in [1.29, 1.82) is 0 Å². The Labute approximate surface area is 108 Å². The van der Waals surface area contributed by atoms with Gasteiger partial charge in [0.25, 0.3) is 0 Å². The molecular weight excluding hydrogens is 282 g/mol. The zero-order chi connectivity index (χ0) is 11.7. The van der Waals surface area contributed by atoms with Crippen molar-refractivity contribution in [2.24, 2.45) is 5.73 Å². The van der Waals surface area contributed by atoms with Gasteiger partial charge in [-0.1, -0.05) is 23.8 Å². The number of hydrogen-bond donors (Lipinski definition) is 1. The Balaban J connectivity index is 2.41. The molecule has 0 saturated carbocycles. The predicted molar refractivity (Wildman–Crippen MR) is 74.0 cm³/mol. The van der Waals surface area contributed by atoms with E-state index in [2.05, 4.69) is 53.4 Å². The summed E-state index contributed by atoms with van der Waals surface area (Å²) >= 11 is 5.23. The SMILES string of the molecule is Cc1ccc(C(N)c2sccc2Br)c(C)c1. The van der Waals surface area contributed by atoms with E-state index in [-0.39, 0.29) is 6.04 Å². The molecule has 1 aromatic heterocycles. The van der Waals surface area contributed by atoms with Gasteiger partial charge in [0, 0.05) is 9.35 Å². The van der Waals surface area contributed by atoms with Crippen LogP contribution in [0.4, 0.5) is 0 Å². The van der Waals surface area contributed by atoms with E-state index in [0.29, 0.717) is 0 Å². The molecule has 1 atom stereocenters. The zero-order valence-corrected chi connectivity index (χ0v) is 11.7. The normalized spacial score (nSPS) is 12.8. The summed E-state index contributed by atoms with van der Waals surface area (Å²) in [6.07, 6.45) is 0. The first-order chi connectivity index (χ1) is 7.59. The third kappa shape index (κ3) is 2.21. The first-order valence-corrected chi connectivity index (χ1v) is 6.82. The molecule has 1 nitrogen and oxygen atoms in total. The van der Waals surface area contributed by atoms with Gasteiger partial charge in [0.15, 0.2) is 0 Å². The lowest BCUT2D eigenvalue weighted by molar-refractivity contribution is 0.877. The molecule has 1 unspecified atom stereocenters. The van der Waals surface area contributed by atoms with Crippen LogP contribution in [0, 0.1) is 13.8 Å². The summed E-state index contributed by atoms with van der Waals surface area (Å²) in [5.41, 5.74) is 10.0. The molecule has 16 heavy (non-hydrogen) atoms. The molecule has 2 N–H and O–H groups in total. The van der Waals surface area contributed by atoms with Crippen molar-refractivity contribution >= 4 is 27.3 Å². The van der Waals surface area contributed by atoms with Crippen molar-refractivity contribution < 1.29 is 0 Å². The zero-order valence-electron chi connectivity index (χ0n) is 9.33. The quantitative estimate of drug-likeness (QED) is 0.884. The third-order valence-electron chi connectivity index (χ3n) is 2.69. The van der Waals surface area contributed by atoms with Crippen molar-refractivity contribution in [2.45, 2.75) is 19.9 Å². The van der Waals surface area contributed by atoms with Crippen LogP contribution in [0.15, 0.2) is 34.1 Å². The van der Waals surface area contributed by atoms with Gasteiger partial charge in [0.05, 0.1) is 6.04 Å². The van der Waals surface area contributed by atoms with E-state index in [1.807, 2.05) is 6.07 Å². The molecule has 0 fully saturated rings. The van der Waals surface area contributed by atoms with Crippen molar-refractivity contribution in [3.8, 4) is 0 Å². The van der Waals surface area contributed by atoms with E-state index in [0.717, 1.165) is 4.47 Å². The molecule has 84 valence electrons. The van der Waals surface area contributed by atoms with Crippen LogP contribution in [0.5, 0.6) is 0 Å². The standard InChI is InChI=1S/C13H14BrNS/c1-8-3-4-10(9(2)7-8)12(15)13-11(14)5-6-16-13/h3-7,12H,15H2,1-2H3. The number of benzene rings is 1. The highest BCUT2D eigenvalue weighted by Crippen LogP contribution is 2.32. The van der Waals surface area contributed by atoms with Gasteiger partial charge in [-0.05, 0) is 52.4 Å². The third-order valence-corrected chi connectivity index (χ3v) is 4.64. The van der Waals surface area contributed by atoms with Gasteiger partial charge >= 0.3 is 0 Å². The average Bonchev–Trinajstić information content (AvgIpc) is 2.63. The Kier molecular flexibility index (Phi) is 3.47. The summed E-state index contributed by atoms with van der Waals surface area (Å²) in [6.45, 7) is 4.22. The van der Waals surface area contributed by atoms with E-state index < -0.39 is 0 Å². The van der Waals surface area contributed by atoms with Gasteiger partial charge in [0.1, 0.15) is 0 Å². The number of halogens is 1. The van der Waals surface area contributed by atoms with Crippen LogP contribution in [-0.4, -0.2) is 0 Å². The minimum atomic E-state index is -0.0324. The fourth-order valence-electron chi connectivity index (χ4n) is 1.84. The summed E-state index contributed by atoms with van der Waals surface area (Å²) < 4.78 is 1.10. The lowest BCUT2D eigenvalue weighted by Crippen LogP contribution is -2.12. The van der Waals surface area contributed by atoms with E-state index in [4.69, 9.17) is 5.73 Å². The summed E-state index contributed by atoms with van der Waals surface area (Å²) in [4.78, 5) is 1.19. The lowest BCUT2D eigenvalue weighted by atomic mass is 9.99. The molecule has 3 heteroatoms. The average molecular weight is 296 g/mol. The van der Waals surface area contributed by atoms with Gasteiger partial charge in [0.2, 0.25) is 0 Å². The summed E-state index contributed by atoms with van der Waals surface area (Å²) in [5.74, 6) is 0. The van der Waals surface area contributed by atoms with Crippen LogP contribution < -0.4 is 5.73 Å². The Morgan fingerprint density at radius 1 is 1.25 bits per heavy atom. The second kappa shape index (κ2) is 4.70. The first-order valence-electron chi connectivity index (χ1n) is 5.15. The summed E-state index contributed by atoms with van der Waals surface area (Å²) in [6, 6.07) is 8.43. The van der Waals surface area contributed by atoms with Gasteiger partial charge < -0.3 is 5.73 Å². The van der Waals surface area contributed by atoms with Crippen LogP contribution in [0.3, 0.4) is 0 Å². The van der Waals surface area contributed by atoms with Crippen LogP contribution in [0.25, 0.3) is 0 Å². The summed E-state index contributed by atoms with van der Waals surface area (Å²) in [7, 11) is 0. The number of aryl methyl sites for hydroxylation is 2. The maximum atomic E-state index is 6.29. The molecule has 2 aromatic rings. The lowest BCUT2D eigenvalue weighted by Gasteiger charge is -2.14. The Morgan fingerprint density at radius 3 is 2.56 bits per heavy atom. The van der Waals surface area contributed by atoms with Crippen molar-refractivity contribution in [1.82, 2.24) is 0 Å². The van der Waals surface area contributed by atoms with E-state index >= 15 is 0 Å². The Bertz CT molecular complexity index is 504. The second-order valence-corrected chi connectivity index (χ2v) is 5.77.